The number of carbonyl (C=O) groups excluding carboxylic acids is 1. The maximum absolute atomic E-state index is 13.5. The van der Waals surface area contributed by atoms with E-state index < -0.39 is 0 Å². The molecule has 0 spiro atoms. The van der Waals surface area contributed by atoms with E-state index >= 15 is 0 Å². The molecule has 0 unspecified atom stereocenters. The fraction of sp³-hybridized carbons (Fsp3) is 0.250. The highest BCUT2D eigenvalue weighted by atomic mass is 16.5. The van der Waals surface area contributed by atoms with Gasteiger partial charge in [-0.25, -0.2) is 0 Å². The predicted octanol–water partition coefficient (Wildman–Crippen LogP) is 4.66. The van der Waals surface area contributed by atoms with Crippen LogP contribution >= 0.6 is 0 Å². The number of rotatable bonds is 3. The van der Waals surface area contributed by atoms with Crippen LogP contribution < -0.4 is 10.1 Å². The number of Topliss-reactive ketones (excluding diaryl/α,β-unsaturated/α-hetero) is 1. The quantitative estimate of drug-likeness (QED) is 0.663. The van der Waals surface area contributed by atoms with Gasteiger partial charge in [0.15, 0.2) is 5.78 Å². The van der Waals surface area contributed by atoms with Crippen LogP contribution in [0.5, 0.6) is 11.5 Å². The summed E-state index contributed by atoms with van der Waals surface area (Å²) in [5.74, 6) is 1.39. The smallest absolute Gasteiger partial charge is 0.233 e. The molecule has 0 fully saturated rings. The summed E-state index contributed by atoms with van der Waals surface area (Å²) in [5.41, 5.74) is 5.22. The van der Waals surface area contributed by atoms with Crippen LogP contribution in [0.2, 0.25) is 0 Å². The molecular weight excluding hydrogens is 380 g/mol. The maximum Gasteiger partial charge on any atom is 0.233 e. The molecule has 0 radical (unpaired) electrons. The lowest BCUT2D eigenvalue weighted by Gasteiger charge is -2.34. The number of carbonyl (C=O) groups is 1. The fourth-order valence-electron chi connectivity index (χ4n) is 4.67. The van der Waals surface area contributed by atoms with Crippen LogP contribution in [0.1, 0.15) is 47.1 Å². The summed E-state index contributed by atoms with van der Waals surface area (Å²) in [6.07, 6.45) is 1.09. The molecule has 1 aromatic heterocycles. The number of phenolic OH excluding ortho intramolecular Hbond substituents is 1. The van der Waals surface area contributed by atoms with E-state index in [2.05, 4.69) is 10.5 Å². The molecule has 0 saturated carbocycles. The third-order valence-corrected chi connectivity index (χ3v) is 6.07. The minimum absolute atomic E-state index is 0.0354. The molecule has 1 aliphatic heterocycles. The van der Waals surface area contributed by atoms with Gasteiger partial charge in [-0.1, -0.05) is 35.5 Å². The molecule has 3 aromatic rings. The Hall–Kier alpha value is -3.54. The molecule has 0 bridgehead atoms. The largest absolute Gasteiger partial charge is 0.508 e. The van der Waals surface area contributed by atoms with Gasteiger partial charge in [-0.3, -0.25) is 4.79 Å². The number of phenols is 1. The number of allylic oxidation sites excluding steroid dienone is 2. The Bertz CT molecular complexity index is 1160. The van der Waals surface area contributed by atoms with Crippen molar-refractivity contribution in [1.82, 2.24) is 5.16 Å². The van der Waals surface area contributed by atoms with Crippen LogP contribution in [0.3, 0.4) is 0 Å². The fourth-order valence-corrected chi connectivity index (χ4v) is 4.67. The van der Waals surface area contributed by atoms with E-state index in [0.717, 1.165) is 39.4 Å². The van der Waals surface area contributed by atoms with Crippen molar-refractivity contribution in [1.29, 1.82) is 0 Å². The first-order chi connectivity index (χ1) is 14.6. The van der Waals surface area contributed by atoms with Crippen LogP contribution in [-0.2, 0) is 4.79 Å². The number of aromatic nitrogens is 1. The zero-order valence-electron chi connectivity index (χ0n) is 16.8. The number of aromatic hydroxyl groups is 1. The van der Waals surface area contributed by atoms with Crippen molar-refractivity contribution in [2.24, 2.45) is 0 Å². The van der Waals surface area contributed by atoms with Gasteiger partial charge in [-0.15, -0.1) is 0 Å². The predicted molar refractivity (Wildman–Crippen MR) is 112 cm³/mol. The molecule has 2 atom stereocenters. The molecule has 152 valence electrons. The number of fused-ring (bicyclic) bond motifs is 1. The van der Waals surface area contributed by atoms with Crippen molar-refractivity contribution in [3.63, 3.8) is 0 Å². The first-order valence-electron chi connectivity index (χ1n) is 9.98. The number of hydrogen-bond donors (Lipinski definition) is 2. The number of anilines is 1. The Labute approximate surface area is 174 Å². The number of ether oxygens (including phenoxy) is 1. The van der Waals surface area contributed by atoms with Gasteiger partial charge in [-0.2, -0.15) is 0 Å². The monoisotopic (exact) mass is 402 g/mol. The van der Waals surface area contributed by atoms with Gasteiger partial charge in [-0.05, 0) is 43.0 Å². The molecule has 2 aromatic carbocycles. The first-order valence-corrected chi connectivity index (χ1v) is 9.98. The van der Waals surface area contributed by atoms with E-state index in [1.807, 2.05) is 43.3 Å². The van der Waals surface area contributed by atoms with Crippen LogP contribution in [-0.4, -0.2) is 23.2 Å². The van der Waals surface area contributed by atoms with Crippen LogP contribution in [0, 0.1) is 6.92 Å². The Balaban J connectivity index is 1.64. The standard InChI is InChI=1S/C24H22N2O4/c1-13-21-22(17-5-3-4-6-20(17)29-2)23-18(25-24(21)30-26-13)11-15(12-19(23)28)14-7-9-16(27)10-8-14/h3-10,15,22,25,27H,11-12H2,1-2H3/t15-,22+/m1/s1. The Morgan fingerprint density at radius 2 is 1.90 bits per heavy atom. The van der Waals surface area contributed by atoms with Gasteiger partial charge in [0, 0.05) is 23.3 Å². The molecule has 30 heavy (non-hydrogen) atoms. The van der Waals surface area contributed by atoms with Crippen molar-refractivity contribution in [2.45, 2.75) is 31.6 Å². The minimum atomic E-state index is -0.285. The van der Waals surface area contributed by atoms with Crippen LogP contribution in [0.25, 0.3) is 0 Å². The number of nitrogens with zero attached hydrogens (tertiary/aromatic N) is 1. The third kappa shape index (κ3) is 2.87. The zero-order chi connectivity index (χ0) is 20.8. The minimum Gasteiger partial charge on any atom is -0.508 e. The average Bonchev–Trinajstić information content (AvgIpc) is 3.13. The zero-order valence-corrected chi connectivity index (χ0v) is 16.8. The number of para-hydroxylation sites is 1. The molecule has 2 heterocycles. The highest BCUT2D eigenvalue weighted by molar-refractivity contribution is 6.01. The van der Waals surface area contributed by atoms with Crippen molar-refractivity contribution >= 4 is 11.7 Å². The molecule has 5 rings (SSSR count). The number of methoxy groups -OCH3 is 1. The van der Waals surface area contributed by atoms with Gasteiger partial charge in [0.2, 0.25) is 5.88 Å². The van der Waals surface area contributed by atoms with Gasteiger partial charge in [0.25, 0.3) is 0 Å². The van der Waals surface area contributed by atoms with E-state index in [0.29, 0.717) is 18.7 Å². The summed E-state index contributed by atoms with van der Waals surface area (Å²) in [6.45, 7) is 1.89. The first kappa shape index (κ1) is 18.5. The molecule has 0 saturated heterocycles. The molecular formula is C24H22N2O4. The van der Waals surface area contributed by atoms with E-state index in [1.54, 1.807) is 19.2 Å². The summed E-state index contributed by atoms with van der Waals surface area (Å²) in [7, 11) is 1.64. The highest BCUT2D eigenvalue weighted by Crippen LogP contribution is 2.50. The van der Waals surface area contributed by atoms with Crippen molar-refractivity contribution in [2.75, 3.05) is 12.4 Å². The van der Waals surface area contributed by atoms with Gasteiger partial charge in [0.05, 0.1) is 24.3 Å². The summed E-state index contributed by atoms with van der Waals surface area (Å²) in [5, 5.41) is 17.1. The van der Waals surface area contributed by atoms with Gasteiger partial charge >= 0.3 is 0 Å². The molecule has 2 aliphatic rings. The van der Waals surface area contributed by atoms with Crippen LogP contribution in [0.15, 0.2) is 64.3 Å². The maximum atomic E-state index is 13.5. The lowest BCUT2D eigenvalue weighted by molar-refractivity contribution is -0.116. The molecule has 2 N–H and O–H groups in total. The topological polar surface area (TPSA) is 84.6 Å². The second-order valence-electron chi connectivity index (χ2n) is 7.82. The van der Waals surface area contributed by atoms with E-state index in [-0.39, 0.29) is 23.4 Å². The van der Waals surface area contributed by atoms with Gasteiger partial charge in [0.1, 0.15) is 11.5 Å². The van der Waals surface area contributed by atoms with Crippen molar-refractivity contribution in [3.05, 3.63) is 82.2 Å². The lowest BCUT2D eigenvalue weighted by atomic mass is 9.72. The molecule has 0 amide bonds. The van der Waals surface area contributed by atoms with E-state index in [9.17, 15) is 9.90 Å². The SMILES string of the molecule is COc1ccccc1[C@@H]1C2=C(C[C@@H](c3ccc(O)cc3)CC2=O)Nc2onc(C)c21. The van der Waals surface area contributed by atoms with Crippen molar-refractivity contribution in [3.8, 4) is 11.5 Å². The summed E-state index contributed by atoms with van der Waals surface area (Å²) in [4.78, 5) is 13.5. The van der Waals surface area contributed by atoms with Gasteiger partial charge < -0.3 is 19.7 Å². The molecule has 6 nitrogen and oxygen atoms in total. The Morgan fingerprint density at radius 1 is 1.13 bits per heavy atom. The normalized spacial score (nSPS) is 20.4. The number of nitrogens with one attached hydrogen (secondary N) is 1. The molecule has 1 aliphatic carbocycles. The average molecular weight is 402 g/mol. The van der Waals surface area contributed by atoms with E-state index in [4.69, 9.17) is 9.26 Å². The Morgan fingerprint density at radius 3 is 2.67 bits per heavy atom. The number of aryl methyl sites for hydroxylation is 1. The number of benzene rings is 2. The van der Waals surface area contributed by atoms with E-state index in [1.165, 1.54) is 0 Å². The second-order valence-corrected chi connectivity index (χ2v) is 7.82. The Kier molecular flexibility index (Phi) is 4.35. The summed E-state index contributed by atoms with van der Waals surface area (Å²) < 4.78 is 11.2. The second kappa shape index (κ2) is 7.06. The number of ketones is 1. The summed E-state index contributed by atoms with van der Waals surface area (Å²) in [6, 6.07) is 14.9. The lowest BCUT2D eigenvalue weighted by Crippen LogP contribution is -2.29. The molecule has 6 heteroatoms. The highest BCUT2D eigenvalue weighted by Gasteiger charge is 2.42. The van der Waals surface area contributed by atoms with Crippen LogP contribution in [0.4, 0.5) is 5.88 Å². The third-order valence-electron chi connectivity index (χ3n) is 6.07. The summed E-state index contributed by atoms with van der Waals surface area (Å²) >= 11 is 0. The number of hydrogen-bond acceptors (Lipinski definition) is 6. The van der Waals surface area contributed by atoms with Crippen molar-refractivity contribution < 1.29 is 19.2 Å².